The van der Waals surface area contributed by atoms with Crippen LogP contribution >= 0.6 is 0 Å². The fourth-order valence-electron chi connectivity index (χ4n) is 1.16. The topological polar surface area (TPSA) is 94.3 Å². The highest BCUT2D eigenvalue weighted by molar-refractivity contribution is 7.91. The first kappa shape index (κ1) is 12.4. The highest BCUT2D eigenvalue weighted by Gasteiger charge is 2.15. The van der Waals surface area contributed by atoms with Crippen molar-refractivity contribution < 1.29 is 18.0 Å². The van der Waals surface area contributed by atoms with E-state index < -0.39 is 15.7 Å². The molecule has 0 spiro atoms. The van der Waals surface area contributed by atoms with Crippen LogP contribution in [0.5, 0.6) is 0 Å². The zero-order valence-corrected chi connectivity index (χ0v) is 9.24. The molecule has 16 heavy (non-hydrogen) atoms. The van der Waals surface area contributed by atoms with Gasteiger partial charge in [0, 0.05) is 12.0 Å². The Morgan fingerprint density at radius 3 is 2.62 bits per heavy atom. The van der Waals surface area contributed by atoms with Gasteiger partial charge in [0.15, 0.2) is 9.84 Å². The molecule has 0 heterocycles. The molecule has 0 fully saturated rings. The first-order valence-corrected chi connectivity index (χ1v) is 6.19. The van der Waals surface area contributed by atoms with Crippen molar-refractivity contribution >= 4 is 22.0 Å². The summed E-state index contributed by atoms with van der Waals surface area (Å²) in [6, 6.07) is 5.45. The number of amides is 1. The second-order valence-corrected chi connectivity index (χ2v) is 5.28. The van der Waals surface area contributed by atoms with E-state index in [9.17, 15) is 18.0 Å². The summed E-state index contributed by atoms with van der Waals surface area (Å²) in [5.41, 5.74) is 5.17. The Labute approximate surface area is 93.2 Å². The molecule has 0 saturated carbocycles. The highest BCUT2D eigenvalue weighted by atomic mass is 32.2. The molecule has 0 aliphatic rings. The Hall–Kier alpha value is -1.69. The zero-order chi connectivity index (χ0) is 12.2. The molecular formula is C10H11NO4S. The van der Waals surface area contributed by atoms with Crippen LogP contribution in [0.2, 0.25) is 0 Å². The zero-order valence-electron chi connectivity index (χ0n) is 8.42. The van der Waals surface area contributed by atoms with Crippen molar-refractivity contribution in [1.29, 1.82) is 0 Å². The summed E-state index contributed by atoms with van der Waals surface area (Å²) in [7, 11) is -3.52. The number of hydrogen-bond acceptors (Lipinski definition) is 4. The first-order valence-electron chi connectivity index (χ1n) is 4.53. The molecule has 0 unspecified atom stereocenters. The maximum atomic E-state index is 11.7. The van der Waals surface area contributed by atoms with Gasteiger partial charge in [-0.05, 0) is 18.2 Å². The molecule has 0 saturated heterocycles. The lowest BCUT2D eigenvalue weighted by Crippen LogP contribution is -2.13. The first-order chi connectivity index (χ1) is 7.47. The smallest absolute Gasteiger partial charge is 0.248 e. The van der Waals surface area contributed by atoms with Crippen LogP contribution in [0.4, 0.5) is 0 Å². The maximum Gasteiger partial charge on any atom is 0.248 e. The van der Waals surface area contributed by atoms with E-state index in [0.717, 1.165) is 0 Å². The van der Waals surface area contributed by atoms with Gasteiger partial charge < -0.3 is 10.5 Å². The number of hydrogen-bond donors (Lipinski definition) is 1. The van der Waals surface area contributed by atoms with E-state index in [0.29, 0.717) is 6.29 Å². The van der Waals surface area contributed by atoms with Crippen LogP contribution in [-0.2, 0) is 14.6 Å². The second-order valence-electron chi connectivity index (χ2n) is 3.17. The molecule has 1 amide bonds. The van der Waals surface area contributed by atoms with Crippen LogP contribution in [0.3, 0.4) is 0 Å². The summed E-state index contributed by atoms with van der Waals surface area (Å²) >= 11 is 0. The van der Waals surface area contributed by atoms with Crippen molar-refractivity contribution in [3.05, 3.63) is 29.8 Å². The van der Waals surface area contributed by atoms with Crippen molar-refractivity contribution in [3.8, 4) is 0 Å². The quantitative estimate of drug-likeness (QED) is 0.742. The molecule has 0 aromatic heterocycles. The van der Waals surface area contributed by atoms with Crippen LogP contribution in [0.1, 0.15) is 16.8 Å². The molecule has 86 valence electrons. The number of rotatable bonds is 5. The van der Waals surface area contributed by atoms with Crippen LogP contribution in [0.15, 0.2) is 29.2 Å². The molecule has 0 radical (unpaired) electrons. The molecular weight excluding hydrogens is 230 g/mol. The van der Waals surface area contributed by atoms with Gasteiger partial charge in [0.1, 0.15) is 6.29 Å². The van der Waals surface area contributed by atoms with Gasteiger partial charge in [0.05, 0.1) is 10.6 Å². The number of sulfone groups is 1. The molecule has 1 aromatic carbocycles. The SMILES string of the molecule is NC(=O)c1cccc(S(=O)(=O)CCC=O)c1. The minimum Gasteiger partial charge on any atom is -0.366 e. The van der Waals surface area contributed by atoms with E-state index in [2.05, 4.69) is 0 Å². The molecule has 0 bridgehead atoms. The molecule has 0 aliphatic carbocycles. The maximum absolute atomic E-state index is 11.7. The van der Waals surface area contributed by atoms with Crippen LogP contribution in [0.25, 0.3) is 0 Å². The molecule has 0 atom stereocenters. The van der Waals surface area contributed by atoms with Gasteiger partial charge in [-0.3, -0.25) is 4.79 Å². The summed E-state index contributed by atoms with van der Waals surface area (Å²) in [5, 5.41) is 0. The fraction of sp³-hybridized carbons (Fsp3) is 0.200. The lowest BCUT2D eigenvalue weighted by Gasteiger charge is -2.03. The van der Waals surface area contributed by atoms with E-state index >= 15 is 0 Å². The van der Waals surface area contributed by atoms with E-state index in [1.165, 1.54) is 24.3 Å². The number of benzene rings is 1. The molecule has 0 aliphatic heterocycles. The van der Waals surface area contributed by atoms with Gasteiger partial charge in [-0.2, -0.15) is 0 Å². The van der Waals surface area contributed by atoms with E-state index in [1.54, 1.807) is 0 Å². The van der Waals surface area contributed by atoms with E-state index in [-0.39, 0.29) is 22.6 Å². The minimum atomic E-state index is -3.52. The van der Waals surface area contributed by atoms with Crippen molar-refractivity contribution in [1.82, 2.24) is 0 Å². The molecule has 5 nitrogen and oxygen atoms in total. The van der Waals surface area contributed by atoms with Crippen molar-refractivity contribution in [2.24, 2.45) is 5.73 Å². The van der Waals surface area contributed by atoms with Crippen molar-refractivity contribution in [2.45, 2.75) is 11.3 Å². The average molecular weight is 241 g/mol. The van der Waals surface area contributed by atoms with Gasteiger partial charge in [0.2, 0.25) is 5.91 Å². The summed E-state index contributed by atoms with van der Waals surface area (Å²) < 4.78 is 23.3. The van der Waals surface area contributed by atoms with Gasteiger partial charge in [-0.1, -0.05) is 6.07 Å². The Kier molecular flexibility index (Phi) is 3.78. The molecule has 1 rings (SSSR count). The lowest BCUT2D eigenvalue weighted by molar-refractivity contribution is -0.107. The van der Waals surface area contributed by atoms with E-state index in [4.69, 9.17) is 5.73 Å². The Morgan fingerprint density at radius 2 is 2.06 bits per heavy atom. The molecule has 1 aromatic rings. The summed E-state index contributed by atoms with van der Waals surface area (Å²) in [6.45, 7) is 0. The monoisotopic (exact) mass is 241 g/mol. The van der Waals surface area contributed by atoms with Gasteiger partial charge >= 0.3 is 0 Å². The third kappa shape index (κ3) is 2.90. The number of carbonyl (C=O) groups excluding carboxylic acids is 2. The average Bonchev–Trinajstić information content (AvgIpc) is 2.26. The Morgan fingerprint density at radius 1 is 1.38 bits per heavy atom. The standard InChI is InChI=1S/C10H11NO4S/c11-10(13)8-3-1-4-9(7-8)16(14,15)6-2-5-12/h1,3-5,7H,2,6H2,(H2,11,13). The second kappa shape index (κ2) is 4.89. The highest BCUT2D eigenvalue weighted by Crippen LogP contribution is 2.13. The number of primary amides is 1. The summed E-state index contributed by atoms with van der Waals surface area (Å²) in [5.74, 6) is -0.953. The predicted molar refractivity (Wildman–Crippen MR) is 57.7 cm³/mol. The van der Waals surface area contributed by atoms with Crippen molar-refractivity contribution in [3.63, 3.8) is 0 Å². The predicted octanol–water partition coefficient (Wildman–Crippen LogP) is 0.148. The van der Waals surface area contributed by atoms with Crippen LogP contribution < -0.4 is 5.73 Å². The van der Waals surface area contributed by atoms with Gasteiger partial charge in [-0.15, -0.1) is 0 Å². The molecule has 6 heteroatoms. The number of nitrogens with two attached hydrogens (primary N) is 1. The largest absolute Gasteiger partial charge is 0.366 e. The van der Waals surface area contributed by atoms with Gasteiger partial charge in [-0.25, -0.2) is 8.42 Å². The van der Waals surface area contributed by atoms with Gasteiger partial charge in [0.25, 0.3) is 0 Å². The normalized spacial score (nSPS) is 11.0. The number of carbonyl (C=O) groups is 2. The third-order valence-corrected chi connectivity index (χ3v) is 3.73. The third-order valence-electron chi connectivity index (χ3n) is 1.98. The van der Waals surface area contributed by atoms with Crippen molar-refractivity contribution in [2.75, 3.05) is 5.75 Å². The number of aldehydes is 1. The fourth-order valence-corrected chi connectivity index (χ4v) is 2.40. The summed E-state index contributed by atoms with van der Waals surface area (Å²) in [4.78, 5) is 21.0. The van der Waals surface area contributed by atoms with Crippen LogP contribution in [-0.4, -0.2) is 26.4 Å². The lowest BCUT2D eigenvalue weighted by atomic mass is 10.2. The Bertz CT molecular complexity index is 507. The van der Waals surface area contributed by atoms with Crippen LogP contribution in [0, 0.1) is 0 Å². The molecule has 2 N–H and O–H groups in total. The Balaban J connectivity index is 3.08. The summed E-state index contributed by atoms with van der Waals surface area (Å²) in [6.07, 6.45) is 0.471. The van der Waals surface area contributed by atoms with E-state index in [1.807, 2.05) is 0 Å². The minimum absolute atomic E-state index is 0.00523.